The fourth-order valence-electron chi connectivity index (χ4n) is 2.08. The molecule has 2 aromatic rings. The predicted molar refractivity (Wildman–Crippen MR) is 103 cm³/mol. The van der Waals surface area contributed by atoms with Crippen LogP contribution in [0.5, 0.6) is 11.5 Å². The van der Waals surface area contributed by atoms with Crippen LogP contribution in [0.4, 0.5) is 18.9 Å². The van der Waals surface area contributed by atoms with E-state index in [9.17, 15) is 27.9 Å². The number of alkyl halides is 3. The van der Waals surface area contributed by atoms with Crippen molar-refractivity contribution < 1.29 is 32.6 Å². The van der Waals surface area contributed by atoms with Gasteiger partial charge in [0.15, 0.2) is 11.5 Å². The number of hydrogen-bond acceptors (Lipinski definition) is 5. The third-order valence-electron chi connectivity index (χ3n) is 3.41. The Balaban J connectivity index is 1.97. The van der Waals surface area contributed by atoms with Crippen molar-refractivity contribution in [2.45, 2.75) is 13.1 Å². The zero-order valence-electron chi connectivity index (χ0n) is 14.9. The standard InChI is InChI=1S/C18H15BrF3N3O4/c1-2-29-14-8-10(7-13(19)15(14)26)9-23-25-17(28)16(27)24-12-5-3-11(4-6-12)18(20,21)22/h3-9,26H,2H2,1H3,(H,24,27)(H,25,28)/b23-9+. The van der Waals surface area contributed by atoms with E-state index in [2.05, 4.69) is 26.3 Å². The molecule has 0 atom stereocenters. The number of ether oxygens (including phenoxy) is 1. The second kappa shape index (κ2) is 9.41. The molecule has 2 rings (SSSR count). The first-order valence-electron chi connectivity index (χ1n) is 8.08. The molecule has 0 fully saturated rings. The zero-order chi connectivity index (χ0) is 21.6. The highest BCUT2D eigenvalue weighted by Crippen LogP contribution is 2.35. The number of anilines is 1. The van der Waals surface area contributed by atoms with Gasteiger partial charge in [-0.15, -0.1) is 0 Å². The van der Waals surface area contributed by atoms with Crippen molar-refractivity contribution in [2.24, 2.45) is 5.10 Å². The van der Waals surface area contributed by atoms with Crippen LogP contribution in [0.3, 0.4) is 0 Å². The quantitative estimate of drug-likeness (QED) is 0.350. The maximum Gasteiger partial charge on any atom is 0.416 e. The van der Waals surface area contributed by atoms with E-state index in [-0.39, 0.29) is 17.2 Å². The number of nitrogens with one attached hydrogen (secondary N) is 2. The summed E-state index contributed by atoms with van der Waals surface area (Å²) in [7, 11) is 0. The third kappa shape index (κ3) is 6.21. The second-order valence-corrected chi connectivity index (χ2v) is 6.37. The van der Waals surface area contributed by atoms with Gasteiger partial charge in [0.05, 0.1) is 22.9 Å². The number of phenols is 1. The van der Waals surface area contributed by atoms with Crippen LogP contribution in [0.15, 0.2) is 46.0 Å². The molecular weight excluding hydrogens is 459 g/mol. The number of carbonyl (C=O) groups is 2. The number of hydrazone groups is 1. The number of carbonyl (C=O) groups excluding carboxylic acids is 2. The zero-order valence-corrected chi connectivity index (χ0v) is 16.5. The first kappa shape index (κ1) is 22.2. The maximum absolute atomic E-state index is 12.5. The minimum atomic E-state index is -4.50. The van der Waals surface area contributed by atoms with Gasteiger partial charge in [-0.1, -0.05) is 0 Å². The predicted octanol–water partition coefficient (Wildman–Crippen LogP) is 3.66. The maximum atomic E-state index is 12.5. The molecule has 0 aliphatic carbocycles. The van der Waals surface area contributed by atoms with Crippen molar-refractivity contribution in [3.8, 4) is 11.5 Å². The number of amides is 2. The van der Waals surface area contributed by atoms with Crippen LogP contribution in [0, 0.1) is 0 Å². The summed E-state index contributed by atoms with van der Waals surface area (Å²) < 4.78 is 43.1. The van der Waals surface area contributed by atoms with Gasteiger partial charge in [0.25, 0.3) is 0 Å². The number of nitrogens with zero attached hydrogens (tertiary/aromatic N) is 1. The molecule has 0 aliphatic heterocycles. The molecule has 29 heavy (non-hydrogen) atoms. The first-order chi connectivity index (χ1) is 13.6. The number of rotatable bonds is 5. The topological polar surface area (TPSA) is 100 Å². The third-order valence-corrected chi connectivity index (χ3v) is 4.01. The molecule has 0 spiro atoms. The smallest absolute Gasteiger partial charge is 0.416 e. The second-order valence-electron chi connectivity index (χ2n) is 5.51. The molecule has 2 aromatic carbocycles. The van der Waals surface area contributed by atoms with Crippen LogP contribution in [0.25, 0.3) is 0 Å². The van der Waals surface area contributed by atoms with E-state index in [1.54, 1.807) is 6.92 Å². The summed E-state index contributed by atoms with van der Waals surface area (Å²) in [6, 6.07) is 6.60. The van der Waals surface area contributed by atoms with Gasteiger partial charge in [-0.3, -0.25) is 9.59 Å². The van der Waals surface area contributed by atoms with E-state index in [0.29, 0.717) is 16.6 Å². The van der Waals surface area contributed by atoms with E-state index in [1.165, 1.54) is 18.3 Å². The molecule has 0 unspecified atom stereocenters. The first-order valence-corrected chi connectivity index (χ1v) is 8.88. The molecule has 7 nitrogen and oxygen atoms in total. The van der Waals surface area contributed by atoms with Gasteiger partial charge in [0.1, 0.15) is 0 Å². The van der Waals surface area contributed by atoms with Crippen LogP contribution < -0.4 is 15.5 Å². The van der Waals surface area contributed by atoms with E-state index < -0.39 is 23.6 Å². The van der Waals surface area contributed by atoms with E-state index in [4.69, 9.17) is 4.74 Å². The average Bonchev–Trinajstić information content (AvgIpc) is 2.65. The Kier molecular flexibility index (Phi) is 7.21. The lowest BCUT2D eigenvalue weighted by atomic mass is 10.2. The molecule has 3 N–H and O–H groups in total. The van der Waals surface area contributed by atoms with Crippen LogP contribution in [0.1, 0.15) is 18.1 Å². The summed E-state index contributed by atoms with van der Waals surface area (Å²) in [6.45, 7) is 2.06. The van der Waals surface area contributed by atoms with Crippen LogP contribution in [0.2, 0.25) is 0 Å². The highest BCUT2D eigenvalue weighted by Gasteiger charge is 2.30. The van der Waals surface area contributed by atoms with Crippen molar-refractivity contribution >= 4 is 39.6 Å². The van der Waals surface area contributed by atoms with Gasteiger partial charge in [-0.25, -0.2) is 5.43 Å². The normalized spacial score (nSPS) is 11.3. The fourth-order valence-corrected chi connectivity index (χ4v) is 2.54. The Bertz CT molecular complexity index is 931. The SMILES string of the molecule is CCOc1cc(/C=N/NC(=O)C(=O)Nc2ccc(C(F)(F)F)cc2)cc(Br)c1O. The van der Waals surface area contributed by atoms with E-state index in [1.807, 2.05) is 5.43 Å². The summed E-state index contributed by atoms with van der Waals surface area (Å²) in [4.78, 5) is 23.6. The molecule has 0 aromatic heterocycles. The van der Waals surface area contributed by atoms with Gasteiger partial charge in [-0.2, -0.15) is 18.3 Å². The Morgan fingerprint density at radius 3 is 2.45 bits per heavy atom. The molecule has 0 radical (unpaired) electrons. The molecule has 0 aliphatic rings. The summed E-state index contributed by atoms with van der Waals surface area (Å²) in [5, 5.41) is 15.6. The van der Waals surface area contributed by atoms with Crippen LogP contribution in [-0.2, 0) is 15.8 Å². The molecule has 0 bridgehead atoms. The van der Waals surface area contributed by atoms with Crippen LogP contribution in [-0.4, -0.2) is 29.7 Å². The van der Waals surface area contributed by atoms with Gasteiger partial charge in [0.2, 0.25) is 0 Å². The lowest BCUT2D eigenvalue weighted by Gasteiger charge is -2.08. The Morgan fingerprint density at radius 2 is 1.86 bits per heavy atom. The molecule has 154 valence electrons. The molecule has 0 heterocycles. The summed E-state index contributed by atoms with van der Waals surface area (Å²) in [5.74, 6) is -2.12. The lowest BCUT2D eigenvalue weighted by Crippen LogP contribution is -2.32. The number of phenolic OH excluding ortho intramolecular Hbond substituents is 1. The molecular formula is C18H15BrF3N3O4. The highest BCUT2D eigenvalue weighted by atomic mass is 79.9. The van der Waals surface area contributed by atoms with Crippen molar-refractivity contribution in [2.75, 3.05) is 11.9 Å². The number of benzene rings is 2. The summed E-state index contributed by atoms with van der Waals surface area (Å²) in [5.41, 5.74) is 1.59. The van der Waals surface area contributed by atoms with E-state index in [0.717, 1.165) is 24.3 Å². The minimum Gasteiger partial charge on any atom is -0.503 e. The van der Waals surface area contributed by atoms with Crippen molar-refractivity contribution in [1.29, 1.82) is 0 Å². The van der Waals surface area contributed by atoms with Gasteiger partial charge < -0.3 is 15.2 Å². The fraction of sp³-hybridized carbons (Fsp3) is 0.167. The summed E-state index contributed by atoms with van der Waals surface area (Å²) in [6.07, 6.45) is -3.28. The molecule has 0 saturated carbocycles. The average molecular weight is 474 g/mol. The van der Waals surface area contributed by atoms with Gasteiger partial charge >= 0.3 is 18.0 Å². The van der Waals surface area contributed by atoms with E-state index >= 15 is 0 Å². The van der Waals surface area contributed by atoms with Crippen molar-refractivity contribution in [1.82, 2.24) is 5.43 Å². The Hall–Kier alpha value is -3.08. The Labute approximate surface area is 171 Å². The van der Waals surface area contributed by atoms with Gasteiger partial charge in [-0.05, 0) is 64.8 Å². The summed E-state index contributed by atoms with van der Waals surface area (Å²) >= 11 is 3.15. The lowest BCUT2D eigenvalue weighted by molar-refractivity contribution is -0.137. The largest absolute Gasteiger partial charge is 0.503 e. The number of aromatic hydroxyl groups is 1. The Morgan fingerprint density at radius 1 is 1.21 bits per heavy atom. The minimum absolute atomic E-state index is 0.0194. The van der Waals surface area contributed by atoms with Crippen molar-refractivity contribution in [3.05, 3.63) is 52.0 Å². The number of hydrogen-bond donors (Lipinski definition) is 3. The number of halogens is 4. The molecule has 0 saturated heterocycles. The van der Waals surface area contributed by atoms with Crippen LogP contribution >= 0.6 is 15.9 Å². The monoisotopic (exact) mass is 473 g/mol. The van der Waals surface area contributed by atoms with Gasteiger partial charge in [0, 0.05) is 5.69 Å². The molecule has 11 heteroatoms. The van der Waals surface area contributed by atoms with Crippen molar-refractivity contribution in [3.63, 3.8) is 0 Å². The highest BCUT2D eigenvalue weighted by molar-refractivity contribution is 9.10. The molecule has 2 amide bonds.